The van der Waals surface area contributed by atoms with Crippen molar-refractivity contribution in [3.8, 4) is 17.5 Å². The predicted octanol–water partition coefficient (Wildman–Crippen LogP) is 4.37. The molecule has 0 saturated carbocycles. The van der Waals surface area contributed by atoms with Crippen molar-refractivity contribution in [3.63, 3.8) is 0 Å². The first-order chi connectivity index (χ1) is 12.8. The van der Waals surface area contributed by atoms with Gasteiger partial charge in [-0.3, -0.25) is 0 Å². The number of nitrogen functional groups attached to an aromatic ring is 1. The molecule has 0 atom stereocenters. The quantitative estimate of drug-likeness (QED) is 0.730. The zero-order valence-electron chi connectivity index (χ0n) is 14.2. The summed E-state index contributed by atoms with van der Waals surface area (Å²) in [5.41, 5.74) is 5.44. The number of alkyl halides is 3. The standard InChI is InChI=1S/C18H14F3N5O/c1-2-26(12-6-3-5-11(9-12)18(19,20)21)16-13(10-22)15(24-17(23)25-16)14-7-4-8-27-14/h3-9H,2H2,1H3,(H2,23,24,25). The number of aromatic nitrogens is 2. The van der Waals surface area contributed by atoms with E-state index in [1.54, 1.807) is 19.1 Å². The van der Waals surface area contributed by atoms with Crippen molar-refractivity contribution in [1.82, 2.24) is 9.97 Å². The summed E-state index contributed by atoms with van der Waals surface area (Å²) in [6, 6.07) is 10.0. The van der Waals surface area contributed by atoms with Crippen LogP contribution in [0.15, 0.2) is 47.1 Å². The number of nitrogens with two attached hydrogens (primary N) is 1. The first-order valence-electron chi connectivity index (χ1n) is 7.91. The van der Waals surface area contributed by atoms with Crippen LogP contribution in [-0.2, 0) is 6.18 Å². The fourth-order valence-corrected chi connectivity index (χ4v) is 2.66. The maximum absolute atomic E-state index is 13.1. The molecule has 0 aliphatic heterocycles. The lowest BCUT2D eigenvalue weighted by Crippen LogP contribution is -2.21. The van der Waals surface area contributed by atoms with E-state index in [1.165, 1.54) is 23.3 Å². The van der Waals surface area contributed by atoms with Gasteiger partial charge in [0.1, 0.15) is 17.3 Å². The molecule has 0 spiro atoms. The molecule has 0 fully saturated rings. The van der Waals surface area contributed by atoms with Gasteiger partial charge in [0.15, 0.2) is 11.6 Å². The highest BCUT2D eigenvalue weighted by Gasteiger charge is 2.31. The van der Waals surface area contributed by atoms with Gasteiger partial charge in [-0.25, -0.2) is 4.98 Å². The van der Waals surface area contributed by atoms with Gasteiger partial charge in [0.05, 0.1) is 11.8 Å². The van der Waals surface area contributed by atoms with Gasteiger partial charge in [-0.05, 0) is 37.3 Å². The summed E-state index contributed by atoms with van der Waals surface area (Å²) < 4.78 is 44.5. The Morgan fingerprint density at radius 1 is 1.22 bits per heavy atom. The van der Waals surface area contributed by atoms with Crippen LogP contribution in [0.4, 0.5) is 30.6 Å². The number of anilines is 3. The highest BCUT2D eigenvalue weighted by molar-refractivity contribution is 5.75. The van der Waals surface area contributed by atoms with Crippen LogP contribution in [0.25, 0.3) is 11.5 Å². The number of nitriles is 1. The molecule has 3 rings (SSSR count). The largest absolute Gasteiger partial charge is 0.463 e. The fraction of sp³-hybridized carbons (Fsp3) is 0.167. The van der Waals surface area contributed by atoms with E-state index in [4.69, 9.17) is 10.2 Å². The zero-order valence-corrected chi connectivity index (χ0v) is 14.2. The molecule has 0 amide bonds. The molecular weight excluding hydrogens is 359 g/mol. The molecule has 27 heavy (non-hydrogen) atoms. The van der Waals surface area contributed by atoms with Gasteiger partial charge in [0.2, 0.25) is 5.95 Å². The molecule has 0 unspecified atom stereocenters. The van der Waals surface area contributed by atoms with Crippen LogP contribution >= 0.6 is 0 Å². The Bertz CT molecular complexity index is 993. The first-order valence-corrected chi connectivity index (χ1v) is 7.91. The summed E-state index contributed by atoms with van der Waals surface area (Å²) in [4.78, 5) is 9.63. The van der Waals surface area contributed by atoms with Crippen LogP contribution < -0.4 is 10.6 Å². The Hall–Kier alpha value is -3.54. The minimum atomic E-state index is -4.49. The molecule has 0 aliphatic rings. The molecular formula is C18H14F3N5O. The number of furan rings is 1. The van der Waals surface area contributed by atoms with Gasteiger partial charge in [0.25, 0.3) is 0 Å². The third-order valence-corrected chi connectivity index (χ3v) is 3.83. The Morgan fingerprint density at radius 3 is 2.59 bits per heavy atom. The normalized spacial score (nSPS) is 11.2. The van der Waals surface area contributed by atoms with E-state index in [9.17, 15) is 18.4 Å². The molecule has 9 heteroatoms. The van der Waals surface area contributed by atoms with E-state index in [1.807, 2.05) is 6.07 Å². The molecule has 1 aromatic carbocycles. The van der Waals surface area contributed by atoms with Crippen LogP contribution in [0.5, 0.6) is 0 Å². The smallest absolute Gasteiger partial charge is 0.416 e. The van der Waals surface area contributed by atoms with Gasteiger partial charge in [-0.1, -0.05) is 6.07 Å². The number of nitrogens with zero attached hydrogens (tertiary/aromatic N) is 4. The fourth-order valence-electron chi connectivity index (χ4n) is 2.66. The Labute approximate surface area is 152 Å². The van der Waals surface area contributed by atoms with Crippen LogP contribution in [0.2, 0.25) is 0 Å². The highest BCUT2D eigenvalue weighted by Crippen LogP contribution is 2.36. The molecule has 0 aliphatic carbocycles. The second-order valence-electron chi connectivity index (χ2n) is 5.51. The van der Waals surface area contributed by atoms with Crippen molar-refractivity contribution in [2.45, 2.75) is 13.1 Å². The topological polar surface area (TPSA) is 92.0 Å². The third-order valence-electron chi connectivity index (χ3n) is 3.83. The maximum atomic E-state index is 13.1. The summed E-state index contributed by atoms with van der Waals surface area (Å²) >= 11 is 0. The summed E-state index contributed by atoms with van der Waals surface area (Å²) in [7, 11) is 0. The van der Waals surface area contributed by atoms with Gasteiger partial charge >= 0.3 is 6.18 Å². The highest BCUT2D eigenvalue weighted by atomic mass is 19.4. The van der Waals surface area contributed by atoms with Crippen molar-refractivity contribution in [1.29, 1.82) is 5.26 Å². The molecule has 2 heterocycles. The summed E-state index contributed by atoms with van der Waals surface area (Å²) in [6.07, 6.45) is -3.07. The molecule has 0 radical (unpaired) electrons. The summed E-state index contributed by atoms with van der Waals surface area (Å²) in [6.45, 7) is 1.98. The van der Waals surface area contributed by atoms with E-state index in [-0.39, 0.29) is 35.3 Å². The summed E-state index contributed by atoms with van der Waals surface area (Å²) in [5.74, 6) is 0.293. The third kappa shape index (κ3) is 3.55. The van der Waals surface area contributed by atoms with Crippen molar-refractivity contribution in [2.24, 2.45) is 0 Å². The summed E-state index contributed by atoms with van der Waals surface area (Å²) in [5, 5.41) is 9.64. The number of hydrogen-bond acceptors (Lipinski definition) is 6. The Balaban J connectivity index is 2.18. The molecule has 3 aromatic rings. The second-order valence-corrected chi connectivity index (χ2v) is 5.51. The van der Waals surface area contributed by atoms with Gasteiger partial charge in [-0.2, -0.15) is 23.4 Å². The molecule has 0 bridgehead atoms. The van der Waals surface area contributed by atoms with Gasteiger partial charge < -0.3 is 15.1 Å². The molecule has 6 nitrogen and oxygen atoms in total. The van der Waals surface area contributed by atoms with E-state index in [0.29, 0.717) is 5.76 Å². The van der Waals surface area contributed by atoms with E-state index in [2.05, 4.69) is 9.97 Å². The van der Waals surface area contributed by atoms with Crippen molar-refractivity contribution >= 4 is 17.5 Å². The number of halogens is 3. The van der Waals surface area contributed by atoms with Crippen LogP contribution in [0, 0.1) is 11.3 Å². The first kappa shape index (κ1) is 18.3. The van der Waals surface area contributed by atoms with E-state index in [0.717, 1.165) is 12.1 Å². The molecule has 138 valence electrons. The van der Waals surface area contributed by atoms with Gasteiger partial charge in [0, 0.05) is 12.2 Å². The van der Waals surface area contributed by atoms with Crippen LogP contribution in [0.3, 0.4) is 0 Å². The average molecular weight is 373 g/mol. The molecule has 2 aromatic heterocycles. The average Bonchev–Trinajstić information content (AvgIpc) is 3.16. The van der Waals surface area contributed by atoms with Crippen LogP contribution in [-0.4, -0.2) is 16.5 Å². The second kappa shape index (κ2) is 6.99. The lowest BCUT2D eigenvalue weighted by molar-refractivity contribution is -0.137. The Kier molecular flexibility index (Phi) is 4.73. The number of hydrogen-bond donors (Lipinski definition) is 1. The molecule has 0 saturated heterocycles. The van der Waals surface area contributed by atoms with Crippen molar-refractivity contribution in [3.05, 3.63) is 53.8 Å². The van der Waals surface area contributed by atoms with Crippen LogP contribution in [0.1, 0.15) is 18.1 Å². The lowest BCUT2D eigenvalue weighted by Gasteiger charge is -2.24. The van der Waals surface area contributed by atoms with Crippen molar-refractivity contribution in [2.75, 3.05) is 17.2 Å². The number of benzene rings is 1. The van der Waals surface area contributed by atoms with Crippen molar-refractivity contribution < 1.29 is 17.6 Å². The van der Waals surface area contributed by atoms with E-state index < -0.39 is 11.7 Å². The van der Waals surface area contributed by atoms with E-state index >= 15 is 0 Å². The predicted molar refractivity (Wildman–Crippen MR) is 93.0 cm³/mol. The maximum Gasteiger partial charge on any atom is 0.416 e. The lowest BCUT2D eigenvalue weighted by atomic mass is 10.1. The molecule has 2 N–H and O–H groups in total. The zero-order chi connectivity index (χ0) is 19.6. The number of rotatable bonds is 4. The Morgan fingerprint density at radius 2 is 2.00 bits per heavy atom. The SMILES string of the molecule is CCN(c1cccc(C(F)(F)F)c1)c1nc(N)nc(-c2ccco2)c1C#N. The monoisotopic (exact) mass is 373 g/mol. The van der Waals surface area contributed by atoms with Gasteiger partial charge in [-0.15, -0.1) is 0 Å². The minimum absolute atomic E-state index is 0.0541. The minimum Gasteiger partial charge on any atom is -0.463 e.